The highest BCUT2D eigenvalue weighted by Crippen LogP contribution is 2.16. The van der Waals surface area contributed by atoms with E-state index in [2.05, 4.69) is 52.1 Å². The number of likely N-dealkylation sites (N-methyl/N-ethyl adjacent to an activating group) is 1. The van der Waals surface area contributed by atoms with E-state index in [1.54, 1.807) is 0 Å². The highest BCUT2D eigenvalue weighted by molar-refractivity contribution is 5.91. The van der Waals surface area contributed by atoms with Crippen LogP contribution in [-0.4, -0.2) is 92.2 Å². The Morgan fingerprint density at radius 1 is 1.16 bits per heavy atom. The molecule has 32 heavy (non-hydrogen) atoms. The first-order valence-corrected chi connectivity index (χ1v) is 11.4. The van der Waals surface area contributed by atoms with Crippen LogP contribution < -0.4 is 5.32 Å². The van der Waals surface area contributed by atoms with E-state index in [1.165, 1.54) is 23.0 Å². The van der Waals surface area contributed by atoms with Crippen LogP contribution in [0.1, 0.15) is 33.1 Å². The maximum atomic E-state index is 12.3. The molecule has 1 saturated heterocycles. The van der Waals surface area contributed by atoms with Crippen molar-refractivity contribution in [2.45, 2.75) is 26.9 Å². The second kappa shape index (κ2) is 12.1. The van der Waals surface area contributed by atoms with Gasteiger partial charge >= 0.3 is 0 Å². The molecule has 0 spiro atoms. The number of aryl methyl sites for hydroxylation is 2. The van der Waals surface area contributed by atoms with Crippen LogP contribution in [0.15, 0.2) is 28.9 Å². The molecule has 0 radical (unpaired) electrons. The largest absolute Gasteiger partial charge is 0.447 e. The average molecular weight is 444 g/mol. The van der Waals surface area contributed by atoms with Gasteiger partial charge in [0.05, 0.1) is 19.8 Å². The summed E-state index contributed by atoms with van der Waals surface area (Å²) < 4.78 is 11.1. The molecule has 176 valence electrons. The van der Waals surface area contributed by atoms with E-state index in [9.17, 15) is 4.79 Å². The molecule has 2 aromatic rings. The lowest BCUT2D eigenvalue weighted by molar-refractivity contribution is 0.0320. The molecule has 0 aliphatic carbocycles. The number of ether oxygens (including phenoxy) is 1. The van der Waals surface area contributed by atoms with E-state index in [1.807, 2.05) is 19.0 Å². The number of benzene rings is 1. The van der Waals surface area contributed by atoms with E-state index in [0.717, 1.165) is 52.5 Å². The van der Waals surface area contributed by atoms with Crippen molar-refractivity contribution in [1.82, 2.24) is 25.0 Å². The molecule has 0 unspecified atom stereocenters. The number of nitrogens with zero attached hydrogens (tertiary/aromatic N) is 4. The van der Waals surface area contributed by atoms with Gasteiger partial charge in [-0.05, 0) is 39.1 Å². The molecule has 3 rings (SSSR count). The fourth-order valence-electron chi connectivity index (χ4n) is 3.75. The number of carbonyl (C=O) groups is 1. The fourth-order valence-corrected chi connectivity index (χ4v) is 3.75. The van der Waals surface area contributed by atoms with Gasteiger partial charge in [0.25, 0.3) is 5.91 Å². The number of hydrogen-bond donors (Lipinski definition) is 1. The zero-order chi connectivity index (χ0) is 22.9. The zero-order valence-corrected chi connectivity index (χ0v) is 19.9. The van der Waals surface area contributed by atoms with Crippen LogP contribution in [0, 0.1) is 13.8 Å². The molecular weight excluding hydrogens is 406 g/mol. The predicted molar refractivity (Wildman–Crippen MR) is 125 cm³/mol. The topological polar surface area (TPSA) is 74.1 Å². The van der Waals surface area contributed by atoms with Crippen LogP contribution in [-0.2, 0) is 17.8 Å². The number of morpholine rings is 1. The van der Waals surface area contributed by atoms with Crippen molar-refractivity contribution in [3.05, 3.63) is 52.7 Å². The summed E-state index contributed by atoms with van der Waals surface area (Å²) in [7, 11) is 3.95. The van der Waals surface area contributed by atoms with Gasteiger partial charge in [0.1, 0.15) is 6.26 Å². The van der Waals surface area contributed by atoms with E-state index < -0.39 is 0 Å². The van der Waals surface area contributed by atoms with Crippen molar-refractivity contribution >= 4 is 5.91 Å². The smallest absolute Gasteiger partial charge is 0.273 e. The van der Waals surface area contributed by atoms with Gasteiger partial charge in [-0.3, -0.25) is 14.6 Å². The van der Waals surface area contributed by atoms with Crippen molar-refractivity contribution in [3.63, 3.8) is 0 Å². The summed E-state index contributed by atoms with van der Waals surface area (Å²) in [5, 5.41) is 2.88. The van der Waals surface area contributed by atoms with Crippen molar-refractivity contribution in [1.29, 1.82) is 0 Å². The summed E-state index contributed by atoms with van der Waals surface area (Å²) in [6, 6.07) is 6.58. The molecule has 2 heterocycles. The number of aromatic nitrogens is 1. The first kappa shape index (κ1) is 24.4. The number of carbonyl (C=O) groups excluding carboxylic acids is 1. The Balaban J connectivity index is 1.63. The maximum absolute atomic E-state index is 12.3. The summed E-state index contributed by atoms with van der Waals surface area (Å²) in [5.41, 5.74) is 4.18. The van der Waals surface area contributed by atoms with Crippen LogP contribution in [0.25, 0.3) is 0 Å². The third-order valence-electron chi connectivity index (χ3n) is 5.72. The van der Waals surface area contributed by atoms with Gasteiger partial charge in [-0.25, -0.2) is 4.98 Å². The van der Waals surface area contributed by atoms with E-state index in [0.29, 0.717) is 24.7 Å². The lowest BCUT2D eigenvalue weighted by Crippen LogP contribution is -2.41. The number of amides is 1. The molecule has 1 amide bonds. The second-order valence-electron chi connectivity index (χ2n) is 8.78. The minimum atomic E-state index is -0.198. The zero-order valence-electron chi connectivity index (χ0n) is 19.9. The first-order chi connectivity index (χ1) is 15.4. The normalized spacial score (nSPS) is 14.9. The van der Waals surface area contributed by atoms with Crippen LogP contribution in [0.5, 0.6) is 0 Å². The first-order valence-electron chi connectivity index (χ1n) is 11.4. The molecule has 1 aromatic carbocycles. The molecular formula is C24H37N5O3. The number of oxazole rings is 1. The third-order valence-corrected chi connectivity index (χ3v) is 5.72. The van der Waals surface area contributed by atoms with Gasteiger partial charge in [0.15, 0.2) is 5.69 Å². The molecule has 1 aliphatic heterocycles. The SMILES string of the molecule is Cc1ccc(CN(CCN2CCOCC2)Cc2nc(C(=O)NCCN(C)C)co2)c(C)c1. The molecule has 1 aromatic heterocycles. The maximum Gasteiger partial charge on any atom is 0.273 e. The van der Waals surface area contributed by atoms with Crippen LogP contribution in [0.3, 0.4) is 0 Å². The minimum absolute atomic E-state index is 0.198. The Kier molecular flexibility index (Phi) is 9.23. The van der Waals surface area contributed by atoms with Crippen molar-refractivity contribution in [2.24, 2.45) is 0 Å². The van der Waals surface area contributed by atoms with Crippen molar-refractivity contribution in [2.75, 3.05) is 66.6 Å². The molecule has 8 nitrogen and oxygen atoms in total. The van der Waals surface area contributed by atoms with Gasteiger partial charge in [-0.15, -0.1) is 0 Å². The van der Waals surface area contributed by atoms with Crippen LogP contribution in [0.4, 0.5) is 0 Å². The Bertz CT molecular complexity index is 861. The molecule has 1 aliphatic rings. The summed E-state index contributed by atoms with van der Waals surface area (Å²) in [6.07, 6.45) is 1.46. The third kappa shape index (κ3) is 7.70. The Labute approximate surface area is 191 Å². The average Bonchev–Trinajstić information content (AvgIpc) is 3.23. The standard InChI is InChI=1S/C24H37N5O3/c1-19-5-6-21(20(2)15-19)16-29(10-9-28-11-13-31-14-12-28)17-23-26-22(18-32-23)24(30)25-7-8-27(3)4/h5-6,15,18H,7-14,16-17H2,1-4H3,(H,25,30). The molecule has 8 heteroatoms. The second-order valence-corrected chi connectivity index (χ2v) is 8.78. The number of hydrogen-bond acceptors (Lipinski definition) is 7. The summed E-state index contributed by atoms with van der Waals surface area (Å²) in [5.74, 6) is 0.366. The van der Waals surface area contributed by atoms with Gasteiger partial charge in [-0.2, -0.15) is 0 Å². The molecule has 0 saturated carbocycles. The van der Waals surface area contributed by atoms with E-state index >= 15 is 0 Å². The molecule has 0 bridgehead atoms. The number of rotatable bonds is 11. The van der Waals surface area contributed by atoms with E-state index in [-0.39, 0.29) is 5.91 Å². The molecule has 0 atom stereocenters. The predicted octanol–water partition coefficient (Wildman–Crippen LogP) is 1.92. The van der Waals surface area contributed by atoms with Gasteiger partial charge in [0, 0.05) is 45.8 Å². The van der Waals surface area contributed by atoms with Gasteiger partial charge in [-0.1, -0.05) is 23.8 Å². The summed E-state index contributed by atoms with van der Waals surface area (Å²) in [4.78, 5) is 23.6. The Morgan fingerprint density at radius 3 is 2.66 bits per heavy atom. The highest BCUT2D eigenvalue weighted by atomic mass is 16.5. The highest BCUT2D eigenvalue weighted by Gasteiger charge is 2.18. The molecule has 1 fully saturated rings. The summed E-state index contributed by atoms with van der Waals surface area (Å²) in [6.45, 7) is 12.4. The lowest BCUT2D eigenvalue weighted by Gasteiger charge is -2.30. The Morgan fingerprint density at radius 2 is 1.94 bits per heavy atom. The lowest BCUT2D eigenvalue weighted by atomic mass is 10.1. The summed E-state index contributed by atoms with van der Waals surface area (Å²) >= 11 is 0. The quantitative estimate of drug-likeness (QED) is 0.569. The van der Waals surface area contributed by atoms with Crippen LogP contribution >= 0.6 is 0 Å². The van der Waals surface area contributed by atoms with E-state index in [4.69, 9.17) is 9.15 Å². The minimum Gasteiger partial charge on any atom is -0.447 e. The van der Waals surface area contributed by atoms with Crippen LogP contribution in [0.2, 0.25) is 0 Å². The Hall–Kier alpha value is -2.26. The molecule has 1 N–H and O–H groups in total. The monoisotopic (exact) mass is 443 g/mol. The fraction of sp³-hybridized carbons (Fsp3) is 0.583. The van der Waals surface area contributed by atoms with Crippen molar-refractivity contribution in [3.8, 4) is 0 Å². The van der Waals surface area contributed by atoms with Gasteiger partial charge < -0.3 is 19.4 Å². The number of nitrogens with one attached hydrogen (secondary N) is 1. The van der Waals surface area contributed by atoms with Gasteiger partial charge in [0.2, 0.25) is 5.89 Å². The van der Waals surface area contributed by atoms with Crippen molar-refractivity contribution < 1.29 is 13.9 Å².